The third-order valence-electron chi connectivity index (χ3n) is 2.89. The molecule has 102 valence electrons. The van der Waals surface area contributed by atoms with E-state index in [4.69, 9.17) is 9.47 Å². The van der Waals surface area contributed by atoms with Crippen molar-refractivity contribution in [2.24, 2.45) is 0 Å². The average molecular weight is 336 g/mol. The number of carbonyl (C=O) groups is 2. The summed E-state index contributed by atoms with van der Waals surface area (Å²) in [5.41, 5.74) is 0.872. The standard InChI is InChI=1S/C14H11NO4Se/c1-8(16)9-5-11-12(19-7-18-11)6-10(9)15-14(17)13-3-2-4-20-13/h2-6H,7H2,1H3,(H,15,17). The summed E-state index contributed by atoms with van der Waals surface area (Å²) < 4.78 is 11.2. The zero-order valence-electron chi connectivity index (χ0n) is 10.6. The fraction of sp³-hybridized carbons (Fsp3) is 0.143. The summed E-state index contributed by atoms with van der Waals surface area (Å²) in [6, 6.07) is 6.88. The van der Waals surface area contributed by atoms with Gasteiger partial charge in [0.05, 0.1) is 0 Å². The van der Waals surface area contributed by atoms with E-state index in [-0.39, 0.29) is 33.0 Å². The first-order chi connectivity index (χ1) is 9.65. The molecule has 0 unspecified atom stereocenters. The molecule has 0 fully saturated rings. The van der Waals surface area contributed by atoms with E-state index < -0.39 is 0 Å². The Morgan fingerprint density at radius 2 is 2.00 bits per heavy atom. The van der Waals surface area contributed by atoms with Crippen molar-refractivity contribution in [1.82, 2.24) is 0 Å². The topological polar surface area (TPSA) is 64.6 Å². The fourth-order valence-electron chi connectivity index (χ4n) is 1.93. The number of amides is 1. The summed E-state index contributed by atoms with van der Waals surface area (Å²) in [5, 5.41) is 2.78. The van der Waals surface area contributed by atoms with E-state index in [1.807, 2.05) is 11.0 Å². The van der Waals surface area contributed by atoms with E-state index in [1.54, 1.807) is 18.2 Å². The molecule has 0 spiro atoms. The van der Waals surface area contributed by atoms with Crippen LogP contribution in [0.15, 0.2) is 29.2 Å². The van der Waals surface area contributed by atoms with Gasteiger partial charge in [0.2, 0.25) is 0 Å². The van der Waals surface area contributed by atoms with Crippen molar-refractivity contribution in [3.05, 3.63) is 39.2 Å². The predicted octanol–water partition coefficient (Wildman–Crippen LogP) is 1.93. The molecule has 0 atom stereocenters. The Hall–Kier alpha value is -2.04. The van der Waals surface area contributed by atoms with Crippen LogP contribution in [0.3, 0.4) is 0 Å². The van der Waals surface area contributed by atoms with Crippen molar-refractivity contribution >= 4 is 31.9 Å². The second-order valence-corrected chi connectivity index (χ2v) is 6.23. The van der Waals surface area contributed by atoms with Gasteiger partial charge in [-0.2, -0.15) is 0 Å². The molecule has 1 aromatic heterocycles. The van der Waals surface area contributed by atoms with Crippen molar-refractivity contribution in [2.75, 3.05) is 12.1 Å². The third kappa shape index (κ3) is 2.35. The van der Waals surface area contributed by atoms with Crippen molar-refractivity contribution in [3.8, 4) is 11.5 Å². The van der Waals surface area contributed by atoms with E-state index in [2.05, 4.69) is 5.32 Å². The number of ether oxygens (including phenoxy) is 2. The molecule has 1 N–H and O–H groups in total. The molecule has 3 rings (SSSR count). The monoisotopic (exact) mass is 337 g/mol. The Bertz CT molecular complexity index is 679. The van der Waals surface area contributed by atoms with Crippen LogP contribution in [0.1, 0.15) is 26.5 Å². The maximum atomic E-state index is 12.1. The molecule has 6 heteroatoms. The number of Topliss-reactive ketones (excluding diaryl/α,β-unsaturated/α-hetero) is 1. The van der Waals surface area contributed by atoms with Crippen LogP contribution in [0.5, 0.6) is 11.5 Å². The molecule has 0 radical (unpaired) electrons. The Morgan fingerprint density at radius 1 is 1.25 bits per heavy atom. The molecule has 2 aromatic rings. The van der Waals surface area contributed by atoms with Crippen molar-refractivity contribution in [2.45, 2.75) is 6.92 Å². The summed E-state index contributed by atoms with van der Waals surface area (Å²) in [6.07, 6.45) is 0. The first-order valence-electron chi connectivity index (χ1n) is 5.94. The van der Waals surface area contributed by atoms with Gasteiger partial charge in [-0.15, -0.1) is 0 Å². The molecule has 1 aliphatic heterocycles. The van der Waals surface area contributed by atoms with Gasteiger partial charge >= 0.3 is 121 Å². The zero-order valence-corrected chi connectivity index (χ0v) is 12.3. The first-order valence-corrected chi connectivity index (χ1v) is 7.79. The van der Waals surface area contributed by atoms with E-state index in [0.29, 0.717) is 22.7 Å². The summed E-state index contributed by atoms with van der Waals surface area (Å²) in [7, 11) is 0. The third-order valence-corrected chi connectivity index (χ3v) is 4.71. The van der Waals surface area contributed by atoms with Gasteiger partial charge in [0.15, 0.2) is 0 Å². The molecule has 1 aliphatic rings. The molecular formula is C14H11NO4Se. The number of rotatable bonds is 3. The average Bonchev–Trinajstić information content (AvgIpc) is 3.08. The summed E-state index contributed by atoms with van der Waals surface area (Å²) in [5.74, 6) is 0.743. The number of hydrogen-bond donors (Lipinski definition) is 1. The minimum absolute atomic E-state index is 0.0524. The van der Waals surface area contributed by atoms with Gasteiger partial charge in [-0.25, -0.2) is 0 Å². The second kappa shape index (κ2) is 5.15. The van der Waals surface area contributed by atoms with Crippen LogP contribution in [0.4, 0.5) is 5.69 Å². The van der Waals surface area contributed by atoms with Crippen molar-refractivity contribution < 1.29 is 19.1 Å². The number of nitrogens with one attached hydrogen (secondary N) is 1. The van der Waals surface area contributed by atoms with Crippen molar-refractivity contribution in [1.29, 1.82) is 0 Å². The second-order valence-electron chi connectivity index (χ2n) is 4.24. The quantitative estimate of drug-likeness (QED) is 0.687. The van der Waals surface area contributed by atoms with Gasteiger partial charge in [0.1, 0.15) is 0 Å². The van der Waals surface area contributed by atoms with Gasteiger partial charge in [0.25, 0.3) is 0 Å². The van der Waals surface area contributed by atoms with E-state index in [9.17, 15) is 9.59 Å². The minimum atomic E-state index is -0.184. The fourth-order valence-corrected chi connectivity index (χ4v) is 3.23. The van der Waals surface area contributed by atoms with Crippen LogP contribution < -0.4 is 14.8 Å². The molecule has 0 saturated heterocycles. The molecule has 1 aromatic carbocycles. The Morgan fingerprint density at radius 3 is 2.65 bits per heavy atom. The Balaban J connectivity index is 1.96. The molecule has 0 bridgehead atoms. The first kappa shape index (κ1) is 13.0. The van der Waals surface area contributed by atoms with Gasteiger partial charge in [-0.3, -0.25) is 0 Å². The Labute approximate surface area is 121 Å². The maximum absolute atomic E-state index is 12.1. The number of fused-ring (bicyclic) bond motifs is 1. The molecule has 0 saturated carbocycles. The molecule has 2 heterocycles. The summed E-state index contributed by atoms with van der Waals surface area (Å²) in [4.78, 5) is 25.8. The predicted molar refractivity (Wildman–Crippen MR) is 73.9 cm³/mol. The normalized spacial score (nSPS) is 12.2. The number of benzene rings is 1. The van der Waals surface area contributed by atoms with E-state index in [0.717, 1.165) is 4.44 Å². The van der Waals surface area contributed by atoms with Crippen LogP contribution in [-0.2, 0) is 0 Å². The van der Waals surface area contributed by atoms with Crippen LogP contribution in [0.2, 0.25) is 0 Å². The molecule has 5 nitrogen and oxygen atoms in total. The molecule has 20 heavy (non-hydrogen) atoms. The molecule has 1 amide bonds. The van der Waals surface area contributed by atoms with Gasteiger partial charge in [0, 0.05) is 0 Å². The number of anilines is 1. The number of ketones is 1. The molecular weight excluding hydrogens is 325 g/mol. The summed E-state index contributed by atoms with van der Waals surface area (Å²) >= 11 is 0.0524. The van der Waals surface area contributed by atoms with Gasteiger partial charge in [-0.05, 0) is 0 Å². The van der Waals surface area contributed by atoms with E-state index >= 15 is 0 Å². The van der Waals surface area contributed by atoms with Crippen LogP contribution in [0, 0.1) is 0 Å². The van der Waals surface area contributed by atoms with Crippen LogP contribution in [0.25, 0.3) is 0 Å². The van der Waals surface area contributed by atoms with Gasteiger partial charge < -0.3 is 0 Å². The van der Waals surface area contributed by atoms with Gasteiger partial charge in [-0.1, -0.05) is 0 Å². The molecule has 0 aliphatic carbocycles. The zero-order chi connectivity index (χ0) is 14.1. The van der Waals surface area contributed by atoms with Crippen LogP contribution in [-0.4, -0.2) is 33.0 Å². The number of carbonyl (C=O) groups excluding carboxylic acids is 2. The summed E-state index contributed by atoms with van der Waals surface area (Å²) in [6.45, 7) is 1.58. The van der Waals surface area contributed by atoms with Crippen LogP contribution >= 0.6 is 0 Å². The van der Waals surface area contributed by atoms with Crippen molar-refractivity contribution in [3.63, 3.8) is 0 Å². The SMILES string of the molecule is CC(=O)c1cc2c(cc1NC(=O)c1ccc[se]1)OCO2. The Kier molecular flexibility index (Phi) is 3.34. The van der Waals surface area contributed by atoms with E-state index in [1.165, 1.54) is 6.92 Å². The number of hydrogen-bond acceptors (Lipinski definition) is 4.